The predicted molar refractivity (Wildman–Crippen MR) is 127 cm³/mol. The fourth-order valence-electron chi connectivity index (χ4n) is 3.61. The van der Waals surface area contributed by atoms with E-state index in [1.807, 2.05) is 0 Å². The molecule has 35 heavy (non-hydrogen) atoms. The molecule has 2 amide bonds. The molecule has 180 valence electrons. The van der Waals surface area contributed by atoms with Crippen LogP contribution in [0.3, 0.4) is 0 Å². The average Bonchev–Trinajstić information content (AvgIpc) is 3.58. The Morgan fingerprint density at radius 2 is 2.06 bits per heavy atom. The molecule has 0 bridgehead atoms. The summed E-state index contributed by atoms with van der Waals surface area (Å²) in [7, 11) is 0. The highest BCUT2D eigenvalue weighted by atomic mass is 32.1. The molecule has 1 aliphatic heterocycles. The number of rotatable bonds is 9. The first-order valence-electron chi connectivity index (χ1n) is 11.2. The molecule has 1 N–H and O–H groups in total. The second-order valence-corrected chi connectivity index (χ2v) is 9.32. The van der Waals surface area contributed by atoms with E-state index in [9.17, 15) is 18.8 Å². The quantitative estimate of drug-likeness (QED) is 0.456. The number of thiazole rings is 1. The van der Waals surface area contributed by atoms with E-state index in [2.05, 4.69) is 10.3 Å². The minimum atomic E-state index is -0.556. The molecular formula is C25H22FN3O5S. The smallest absolute Gasteiger partial charge is 0.270 e. The number of fused-ring (bicyclic) bond motifs is 1. The zero-order chi connectivity index (χ0) is 24.4. The van der Waals surface area contributed by atoms with Crippen LogP contribution in [0.25, 0.3) is 0 Å². The first-order chi connectivity index (χ1) is 17.0. The summed E-state index contributed by atoms with van der Waals surface area (Å²) in [6, 6.07) is 10.6. The predicted octanol–water partition coefficient (Wildman–Crippen LogP) is 3.61. The summed E-state index contributed by atoms with van der Waals surface area (Å²) in [4.78, 5) is 43.6. The topological polar surface area (TPSA) is 97.8 Å². The van der Waals surface area contributed by atoms with Crippen LogP contribution in [0.2, 0.25) is 0 Å². The zero-order valence-electron chi connectivity index (χ0n) is 18.7. The highest BCUT2D eigenvalue weighted by molar-refractivity contribution is 7.09. The van der Waals surface area contributed by atoms with E-state index in [4.69, 9.17) is 9.47 Å². The van der Waals surface area contributed by atoms with Gasteiger partial charge >= 0.3 is 0 Å². The molecule has 5 rings (SSSR count). The molecule has 1 fully saturated rings. The van der Waals surface area contributed by atoms with Crippen molar-refractivity contribution in [3.63, 3.8) is 0 Å². The number of benzene rings is 2. The van der Waals surface area contributed by atoms with Crippen molar-refractivity contribution in [2.75, 3.05) is 24.7 Å². The van der Waals surface area contributed by atoms with Crippen molar-refractivity contribution in [3.05, 3.63) is 69.9 Å². The Morgan fingerprint density at radius 3 is 2.86 bits per heavy atom. The number of nitrogens with one attached hydrogen (secondary N) is 1. The molecule has 1 aromatic heterocycles. The fourth-order valence-corrected chi connectivity index (χ4v) is 4.37. The maximum atomic E-state index is 13.8. The van der Waals surface area contributed by atoms with E-state index >= 15 is 0 Å². The number of carbonyl (C=O) groups is 3. The monoisotopic (exact) mass is 495 g/mol. The maximum absolute atomic E-state index is 13.8. The maximum Gasteiger partial charge on any atom is 0.270 e. The van der Waals surface area contributed by atoms with Gasteiger partial charge in [0.15, 0.2) is 30.6 Å². The van der Waals surface area contributed by atoms with Crippen LogP contribution in [0.5, 0.6) is 11.5 Å². The number of hydrogen-bond donors (Lipinski definition) is 1. The molecule has 1 aliphatic carbocycles. The van der Waals surface area contributed by atoms with Gasteiger partial charge in [0.1, 0.15) is 16.5 Å². The van der Waals surface area contributed by atoms with Crippen molar-refractivity contribution in [2.45, 2.75) is 19.4 Å². The van der Waals surface area contributed by atoms with E-state index in [0.29, 0.717) is 40.2 Å². The van der Waals surface area contributed by atoms with Crippen molar-refractivity contribution in [1.82, 2.24) is 10.3 Å². The number of ketones is 1. The highest BCUT2D eigenvalue weighted by Gasteiger charge is 2.28. The lowest BCUT2D eigenvalue weighted by Gasteiger charge is -2.29. The number of Topliss-reactive ketones (excluding diaryl/α,β-unsaturated/α-hetero) is 1. The standard InChI is InChI=1S/C25H22FN3O5S/c26-17-3-1-2-4-21(17)33-12-20(30)16-7-8-22-19(9-16)29(24(31)13-34-22)11-23-28-18(14-35-23)25(32)27-10-15-5-6-15/h1-4,7-9,14-15H,5-6,10-13H2,(H,27,32). The van der Waals surface area contributed by atoms with Crippen LogP contribution in [0.15, 0.2) is 47.8 Å². The lowest BCUT2D eigenvalue weighted by molar-refractivity contribution is -0.121. The van der Waals surface area contributed by atoms with Gasteiger partial charge in [-0.05, 0) is 49.1 Å². The Labute approximate surface area is 204 Å². The number of aromatic nitrogens is 1. The molecular weight excluding hydrogens is 473 g/mol. The summed E-state index contributed by atoms with van der Waals surface area (Å²) < 4.78 is 24.6. The number of anilines is 1. The van der Waals surface area contributed by atoms with E-state index in [0.717, 1.165) is 12.8 Å². The van der Waals surface area contributed by atoms with Crippen LogP contribution in [-0.4, -0.2) is 42.3 Å². The molecule has 1 saturated carbocycles. The molecule has 2 aliphatic rings. The third-order valence-electron chi connectivity index (χ3n) is 5.75. The zero-order valence-corrected chi connectivity index (χ0v) is 19.5. The van der Waals surface area contributed by atoms with E-state index in [1.165, 1.54) is 34.4 Å². The number of para-hydroxylation sites is 1. The third kappa shape index (κ3) is 5.32. The van der Waals surface area contributed by atoms with Crippen molar-refractivity contribution in [3.8, 4) is 11.5 Å². The molecule has 8 nitrogen and oxygen atoms in total. The second kappa shape index (κ2) is 9.83. The largest absolute Gasteiger partial charge is 0.482 e. The van der Waals surface area contributed by atoms with Crippen LogP contribution in [0.4, 0.5) is 10.1 Å². The molecule has 0 unspecified atom stereocenters. The number of nitrogens with zero attached hydrogens (tertiary/aromatic N) is 2. The van der Waals surface area contributed by atoms with Gasteiger partial charge in [0.2, 0.25) is 0 Å². The molecule has 2 heterocycles. The molecule has 0 saturated heterocycles. The lowest BCUT2D eigenvalue weighted by atomic mass is 10.1. The molecule has 3 aromatic rings. The Hall–Kier alpha value is -3.79. The van der Waals surface area contributed by atoms with Crippen molar-refractivity contribution >= 4 is 34.6 Å². The summed E-state index contributed by atoms with van der Waals surface area (Å²) >= 11 is 1.29. The third-order valence-corrected chi connectivity index (χ3v) is 6.58. The summed E-state index contributed by atoms with van der Waals surface area (Å²) in [5.74, 6) is -0.448. The summed E-state index contributed by atoms with van der Waals surface area (Å²) in [6.45, 7) is 0.286. The molecule has 0 radical (unpaired) electrons. The van der Waals surface area contributed by atoms with Gasteiger partial charge in [-0.25, -0.2) is 9.37 Å². The van der Waals surface area contributed by atoms with Gasteiger partial charge in [-0.2, -0.15) is 0 Å². The molecule has 0 atom stereocenters. The lowest BCUT2D eigenvalue weighted by Crippen LogP contribution is -2.38. The molecule has 2 aromatic carbocycles. The van der Waals surface area contributed by atoms with Gasteiger partial charge in [-0.1, -0.05) is 12.1 Å². The SMILES string of the molecule is O=C(COc1ccccc1F)c1ccc2c(c1)N(Cc1nc(C(=O)NCC3CC3)cs1)C(=O)CO2. The summed E-state index contributed by atoms with van der Waals surface area (Å²) in [6.07, 6.45) is 2.28. The minimum absolute atomic E-state index is 0.0142. The van der Waals surface area contributed by atoms with Crippen LogP contribution < -0.4 is 19.7 Å². The van der Waals surface area contributed by atoms with Crippen molar-refractivity contribution in [2.24, 2.45) is 5.92 Å². The first-order valence-corrected chi connectivity index (χ1v) is 12.1. The number of carbonyl (C=O) groups excluding carboxylic acids is 3. The van der Waals surface area contributed by atoms with E-state index in [1.54, 1.807) is 29.6 Å². The van der Waals surface area contributed by atoms with Gasteiger partial charge in [-0.3, -0.25) is 19.3 Å². The second-order valence-electron chi connectivity index (χ2n) is 8.37. The fraction of sp³-hybridized carbons (Fsp3) is 0.280. The van der Waals surface area contributed by atoms with E-state index in [-0.39, 0.29) is 43.1 Å². The van der Waals surface area contributed by atoms with Crippen LogP contribution in [0, 0.1) is 11.7 Å². The van der Waals surface area contributed by atoms with Gasteiger partial charge in [0, 0.05) is 17.5 Å². The Morgan fingerprint density at radius 1 is 1.23 bits per heavy atom. The number of ether oxygens (including phenoxy) is 2. The first kappa shape index (κ1) is 23.0. The molecule has 10 heteroatoms. The number of hydrogen-bond acceptors (Lipinski definition) is 7. The summed E-state index contributed by atoms with van der Waals surface area (Å²) in [5, 5.41) is 5.14. The van der Waals surface area contributed by atoms with Gasteiger partial charge in [0.05, 0.1) is 12.2 Å². The number of halogens is 1. The Kier molecular flexibility index (Phi) is 6.45. The van der Waals surface area contributed by atoms with Crippen LogP contribution >= 0.6 is 11.3 Å². The van der Waals surface area contributed by atoms with Gasteiger partial charge in [-0.15, -0.1) is 11.3 Å². The minimum Gasteiger partial charge on any atom is -0.482 e. The van der Waals surface area contributed by atoms with E-state index < -0.39 is 5.82 Å². The van der Waals surface area contributed by atoms with Gasteiger partial charge < -0.3 is 14.8 Å². The Balaban J connectivity index is 1.29. The average molecular weight is 496 g/mol. The van der Waals surface area contributed by atoms with Crippen molar-refractivity contribution in [1.29, 1.82) is 0 Å². The van der Waals surface area contributed by atoms with Crippen molar-refractivity contribution < 1.29 is 28.2 Å². The van der Waals surface area contributed by atoms with Crippen LogP contribution in [-0.2, 0) is 11.3 Å². The highest BCUT2D eigenvalue weighted by Crippen LogP contribution is 2.34. The van der Waals surface area contributed by atoms with Crippen LogP contribution in [0.1, 0.15) is 38.7 Å². The van der Waals surface area contributed by atoms with Gasteiger partial charge in [0.25, 0.3) is 11.8 Å². The number of amides is 2. The molecule has 0 spiro atoms. The normalized spacial score (nSPS) is 14.8. The summed E-state index contributed by atoms with van der Waals surface area (Å²) in [5.41, 5.74) is 1.04. The Bertz CT molecular complexity index is 1290.